The van der Waals surface area contributed by atoms with Crippen LogP contribution in [0.2, 0.25) is 0 Å². The first kappa shape index (κ1) is 21.5. The van der Waals surface area contributed by atoms with Crippen molar-refractivity contribution in [1.29, 1.82) is 0 Å². The first-order valence-corrected chi connectivity index (χ1v) is 10.2. The maximum absolute atomic E-state index is 14.1. The third kappa shape index (κ3) is 3.81. The predicted octanol–water partition coefficient (Wildman–Crippen LogP) is 2.84. The van der Waals surface area contributed by atoms with Gasteiger partial charge < -0.3 is 9.64 Å². The van der Waals surface area contributed by atoms with Crippen LogP contribution in [0.15, 0.2) is 30.3 Å². The lowest BCUT2D eigenvalue weighted by atomic mass is 10.0. The van der Waals surface area contributed by atoms with Gasteiger partial charge in [-0.25, -0.2) is 9.18 Å². The molecular weight excluding hydrogens is 417 g/mol. The van der Waals surface area contributed by atoms with Crippen LogP contribution in [0, 0.1) is 19.7 Å². The van der Waals surface area contributed by atoms with Crippen LogP contribution in [0.5, 0.6) is 5.75 Å². The van der Waals surface area contributed by atoms with Crippen LogP contribution >= 0.6 is 0 Å². The highest BCUT2D eigenvalue weighted by molar-refractivity contribution is 6.05. The molecule has 0 aliphatic carbocycles. The Hall–Kier alpha value is -3.75. The number of nitrogens with one attached hydrogen (secondary N) is 1. The largest absolute Gasteiger partial charge is 0.419 e. The van der Waals surface area contributed by atoms with Gasteiger partial charge in [0.1, 0.15) is 17.6 Å². The highest BCUT2D eigenvalue weighted by atomic mass is 19.1. The van der Waals surface area contributed by atoms with Gasteiger partial charge in [0.05, 0.1) is 0 Å². The number of fused-ring (bicyclic) bond motifs is 1. The molecule has 1 atom stereocenters. The number of hydrogen-bond donors (Lipinski definition) is 1. The Balaban J connectivity index is 1.49. The first-order chi connectivity index (χ1) is 15.2. The van der Waals surface area contributed by atoms with E-state index in [0.717, 1.165) is 0 Å². The van der Waals surface area contributed by atoms with Crippen molar-refractivity contribution < 1.29 is 28.3 Å². The number of aryl methyl sites for hydroxylation is 1. The van der Waals surface area contributed by atoms with E-state index >= 15 is 0 Å². The molecular formula is C23H22FN3O5. The fourth-order valence-electron chi connectivity index (χ4n) is 3.86. The number of imide groups is 1. The second-order valence-electron chi connectivity index (χ2n) is 8.02. The Kier molecular flexibility index (Phi) is 5.41. The fraction of sp³-hybridized carbons (Fsp3) is 0.304. The number of halogens is 1. The highest BCUT2D eigenvalue weighted by Crippen LogP contribution is 2.30. The molecule has 4 rings (SSSR count). The van der Waals surface area contributed by atoms with Crippen molar-refractivity contribution in [3.8, 4) is 5.75 Å². The van der Waals surface area contributed by atoms with Gasteiger partial charge in [-0.3, -0.25) is 24.6 Å². The average Bonchev–Trinajstić information content (AvgIpc) is 3.07. The van der Waals surface area contributed by atoms with Crippen LogP contribution in [0.3, 0.4) is 0 Å². The van der Waals surface area contributed by atoms with E-state index in [2.05, 4.69) is 5.32 Å². The van der Waals surface area contributed by atoms with Crippen LogP contribution in [0.1, 0.15) is 39.9 Å². The molecule has 2 heterocycles. The van der Waals surface area contributed by atoms with E-state index in [4.69, 9.17) is 4.74 Å². The van der Waals surface area contributed by atoms with Gasteiger partial charge in [0.15, 0.2) is 0 Å². The second-order valence-corrected chi connectivity index (χ2v) is 8.02. The first-order valence-electron chi connectivity index (χ1n) is 10.2. The second kappa shape index (κ2) is 8.07. The number of amides is 4. The van der Waals surface area contributed by atoms with E-state index in [-0.39, 0.29) is 37.0 Å². The summed E-state index contributed by atoms with van der Waals surface area (Å²) in [5, 5.41) is 2.26. The number of carbonyl (C=O) groups excluding carboxylic acids is 4. The van der Waals surface area contributed by atoms with E-state index in [0.29, 0.717) is 27.9 Å². The summed E-state index contributed by atoms with van der Waals surface area (Å²) in [5.74, 6) is -1.47. The summed E-state index contributed by atoms with van der Waals surface area (Å²) < 4.78 is 19.5. The number of nitrogens with zero attached hydrogens (tertiary/aromatic N) is 2. The van der Waals surface area contributed by atoms with Gasteiger partial charge >= 0.3 is 6.09 Å². The molecule has 2 aromatic carbocycles. The van der Waals surface area contributed by atoms with Crippen LogP contribution in [-0.4, -0.2) is 41.8 Å². The molecule has 1 fully saturated rings. The molecule has 1 N–H and O–H groups in total. The van der Waals surface area contributed by atoms with E-state index in [1.807, 2.05) is 0 Å². The number of hydrogen-bond acceptors (Lipinski definition) is 5. The Bertz CT molecular complexity index is 1140. The van der Waals surface area contributed by atoms with Crippen molar-refractivity contribution >= 4 is 29.5 Å². The van der Waals surface area contributed by atoms with Crippen molar-refractivity contribution in [3.05, 3.63) is 58.4 Å². The molecule has 1 saturated heterocycles. The summed E-state index contributed by atoms with van der Waals surface area (Å²) in [6, 6.07) is 6.90. The van der Waals surface area contributed by atoms with Gasteiger partial charge in [-0.2, -0.15) is 0 Å². The Morgan fingerprint density at radius 3 is 2.62 bits per heavy atom. The number of piperidine rings is 1. The number of ether oxygens (including phenoxy) is 1. The lowest BCUT2D eigenvalue weighted by Gasteiger charge is -2.29. The minimum Gasteiger partial charge on any atom is -0.410 e. The molecule has 8 nitrogen and oxygen atoms in total. The van der Waals surface area contributed by atoms with Crippen molar-refractivity contribution in [1.82, 2.24) is 10.2 Å². The standard InChI is InChI=1S/C23H22FN3O5/c1-12-8-15(9-18(24)13(12)2)26(3)23(31)32-16-5-4-14-11-27(22(30)17(14)10-16)19-6-7-20(28)25-21(19)29/h4-5,8-10,19H,6-7,11H2,1-3H3,(H,25,28,29). The molecule has 32 heavy (non-hydrogen) atoms. The SMILES string of the molecule is Cc1cc(N(C)C(=O)Oc2ccc3c(c2)C(=O)N(C2CCC(=O)NC2=O)C3)cc(F)c1C. The zero-order valence-electron chi connectivity index (χ0n) is 17.9. The summed E-state index contributed by atoms with van der Waals surface area (Å²) in [6.07, 6.45) is -0.297. The lowest BCUT2D eigenvalue weighted by Crippen LogP contribution is -2.52. The quantitative estimate of drug-likeness (QED) is 0.742. The molecule has 0 aromatic heterocycles. The molecule has 4 amide bonds. The van der Waals surface area contributed by atoms with Crippen molar-refractivity contribution in [2.24, 2.45) is 0 Å². The normalized spacial score (nSPS) is 17.8. The molecule has 9 heteroatoms. The van der Waals surface area contributed by atoms with Crippen molar-refractivity contribution in [2.75, 3.05) is 11.9 Å². The van der Waals surface area contributed by atoms with E-state index in [1.54, 1.807) is 32.0 Å². The van der Waals surface area contributed by atoms with Gasteiger partial charge in [-0.05, 0) is 61.2 Å². The molecule has 2 aromatic rings. The maximum atomic E-state index is 14.1. The topological polar surface area (TPSA) is 96.0 Å². The van der Waals surface area contributed by atoms with Gasteiger partial charge in [-0.15, -0.1) is 0 Å². The Morgan fingerprint density at radius 1 is 1.19 bits per heavy atom. The molecule has 2 aliphatic heterocycles. The summed E-state index contributed by atoms with van der Waals surface area (Å²) in [5.41, 5.74) is 2.59. The molecule has 2 aliphatic rings. The van der Waals surface area contributed by atoms with E-state index in [9.17, 15) is 23.6 Å². The van der Waals surface area contributed by atoms with Crippen LogP contribution < -0.4 is 15.0 Å². The molecule has 0 saturated carbocycles. The van der Waals surface area contributed by atoms with Gasteiger partial charge in [-0.1, -0.05) is 6.07 Å². The summed E-state index contributed by atoms with van der Waals surface area (Å²) in [6.45, 7) is 3.64. The van der Waals surface area contributed by atoms with Crippen LogP contribution in [0.25, 0.3) is 0 Å². The molecule has 166 valence electrons. The molecule has 1 unspecified atom stereocenters. The Labute approximate surface area is 183 Å². The van der Waals surface area contributed by atoms with Gasteiger partial charge in [0.25, 0.3) is 5.91 Å². The van der Waals surface area contributed by atoms with Gasteiger partial charge in [0.2, 0.25) is 11.8 Å². The van der Waals surface area contributed by atoms with E-state index in [1.165, 1.54) is 29.0 Å². The van der Waals surface area contributed by atoms with Crippen molar-refractivity contribution in [2.45, 2.75) is 39.3 Å². The summed E-state index contributed by atoms with van der Waals surface area (Å²) >= 11 is 0. The zero-order chi connectivity index (χ0) is 23.2. The Morgan fingerprint density at radius 2 is 1.94 bits per heavy atom. The zero-order valence-corrected chi connectivity index (χ0v) is 17.9. The molecule has 0 spiro atoms. The number of rotatable bonds is 3. The average molecular weight is 439 g/mol. The minimum atomic E-state index is -0.736. The summed E-state index contributed by atoms with van der Waals surface area (Å²) in [4.78, 5) is 51.6. The monoisotopic (exact) mass is 439 g/mol. The molecule has 0 radical (unpaired) electrons. The maximum Gasteiger partial charge on any atom is 0.419 e. The number of benzene rings is 2. The fourth-order valence-corrected chi connectivity index (χ4v) is 3.86. The lowest BCUT2D eigenvalue weighted by molar-refractivity contribution is -0.136. The van der Waals surface area contributed by atoms with Gasteiger partial charge in [0, 0.05) is 31.3 Å². The summed E-state index contributed by atoms with van der Waals surface area (Å²) in [7, 11) is 1.47. The van der Waals surface area contributed by atoms with Crippen LogP contribution in [0.4, 0.5) is 14.9 Å². The van der Waals surface area contributed by atoms with Crippen LogP contribution in [-0.2, 0) is 16.1 Å². The third-order valence-corrected chi connectivity index (χ3v) is 5.95. The minimum absolute atomic E-state index is 0.156. The smallest absolute Gasteiger partial charge is 0.410 e. The van der Waals surface area contributed by atoms with E-state index < -0.39 is 23.9 Å². The third-order valence-electron chi connectivity index (χ3n) is 5.95. The van der Waals surface area contributed by atoms with Crippen molar-refractivity contribution in [3.63, 3.8) is 0 Å². The highest BCUT2D eigenvalue weighted by Gasteiger charge is 2.39. The predicted molar refractivity (Wildman–Crippen MR) is 113 cm³/mol. The number of carbonyl (C=O) groups is 4. The molecule has 0 bridgehead atoms. The number of anilines is 1.